The number of aliphatic hydroxyl groups excluding tert-OH is 2. The Balaban J connectivity index is 3.47. The molecule has 6 nitrogen and oxygen atoms in total. The largest absolute Gasteiger partial charge is 0.466 e. The molecule has 0 radical (unpaired) electrons. The van der Waals surface area contributed by atoms with Gasteiger partial charge in [-0.25, -0.2) is 0 Å². The van der Waals surface area contributed by atoms with Crippen molar-refractivity contribution in [3.05, 3.63) is 36.5 Å². The Morgan fingerprint density at radius 1 is 0.424 bits per heavy atom. The molecule has 0 bridgehead atoms. The fraction of sp³-hybridized carbons (Fsp3) is 0.867. The fourth-order valence-electron chi connectivity index (χ4n) is 8.90. The highest BCUT2D eigenvalue weighted by Crippen LogP contribution is 2.17. The van der Waals surface area contributed by atoms with E-state index in [1.54, 1.807) is 0 Å². The van der Waals surface area contributed by atoms with E-state index >= 15 is 0 Å². The first-order chi connectivity index (χ1) is 32.5. The Morgan fingerprint density at radius 2 is 0.758 bits per heavy atom. The van der Waals surface area contributed by atoms with Crippen LogP contribution in [0.15, 0.2) is 36.5 Å². The molecule has 388 valence electrons. The fourth-order valence-corrected chi connectivity index (χ4v) is 8.90. The lowest BCUT2D eigenvalue weighted by Crippen LogP contribution is -2.45. The molecule has 3 N–H and O–H groups in total. The van der Waals surface area contributed by atoms with Crippen LogP contribution >= 0.6 is 0 Å². The number of hydrogen-bond acceptors (Lipinski definition) is 5. The van der Waals surface area contributed by atoms with Gasteiger partial charge in [0.15, 0.2) is 0 Å². The standard InChI is InChI=1S/C60H113NO5/c1-3-5-7-9-11-13-15-17-19-21-24-28-32-36-40-44-48-52-58(63)57(56-62)61-59(64)53-49-45-41-37-33-29-25-23-27-31-35-39-43-47-51-55-66-60(65)54-50-46-42-38-34-30-26-22-20-18-16-14-12-10-8-6-4-2/h12,14,18,20,27,31,57-58,62-63H,3-11,13,15-17,19,21-26,28-30,32-56H2,1-2H3,(H,61,64)/b14-12-,20-18-,31-27-. The number of carbonyl (C=O) groups is 2. The van der Waals surface area contributed by atoms with Crippen molar-refractivity contribution in [2.75, 3.05) is 13.2 Å². The van der Waals surface area contributed by atoms with Crippen LogP contribution in [0.3, 0.4) is 0 Å². The second-order valence-corrected chi connectivity index (χ2v) is 20.0. The quantitative estimate of drug-likeness (QED) is 0.0321. The van der Waals surface area contributed by atoms with Crippen LogP contribution in [-0.2, 0) is 14.3 Å². The van der Waals surface area contributed by atoms with Crippen LogP contribution in [0.25, 0.3) is 0 Å². The second kappa shape index (κ2) is 55.7. The smallest absolute Gasteiger partial charge is 0.305 e. The van der Waals surface area contributed by atoms with Crippen LogP contribution in [-0.4, -0.2) is 47.4 Å². The molecule has 66 heavy (non-hydrogen) atoms. The molecule has 0 saturated heterocycles. The van der Waals surface area contributed by atoms with Crippen molar-refractivity contribution in [1.82, 2.24) is 5.32 Å². The van der Waals surface area contributed by atoms with Crippen molar-refractivity contribution in [2.24, 2.45) is 0 Å². The zero-order valence-electron chi connectivity index (χ0n) is 44.2. The minimum atomic E-state index is -0.675. The lowest BCUT2D eigenvalue weighted by Gasteiger charge is -2.22. The highest BCUT2D eigenvalue weighted by Gasteiger charge is 2.20. The summed E-state index contributed by atoms with van der Waals surface area (Å²) >= 11 is 0. The molecule has 2 unspecified atom stereocenters. The average molecular weight is 929 g/mol. The topological polar surface area (TPSA) is 95.9 Å². The molecule has 2 atom stereocenters. The van der Waals surface area contributed by atoms with Crippen LogP contribution in [0, 0.1) is 0 Å². The summed E-state index contributed by atoms with van der Waals surface area (Å²) in [6, 6.07) is -0.554. The first-order valence-corrected chi connectivity index (χ1v) is 29.2. The van der Waals surface area contributed by atoms with E-state index in [-0.39, 0.29) is 18.5 Å². The minimum absolute atomic E-state index is 0.0177. The van der Waals surface area contributed by atoms with Gasteiger partial charge in [-0.05, 0) is 83.5 Å². The van der Waals surface area contributed by atoms with Gasteiger partial charge in [0.05, 0.1) is 25.4 Å². The highest BCUT2D eigenvalue weighted by atomic mass is 16.5. The third kappa shape index (κ3) is 51.5. The van der Waals surface area contributed by atoms with Gasteiger partial charge in [-0.3, -0.25) is 9.59 Å². The lowest BCUT2D eigenvalue weighted by molar-refractivity contribution is -0.143. The van der Waals surface area contributed by atoms with E-state index in [0.717, 1.165) is 77.0 Å². The van der Waals surface area contributed by atoms with Crippen LogP contribution < -0.4 is 5.32 Å². The Labute approximate surface area is 411 Å². The molecule has 0 rings (SSSR count). The molecule has 0 aromatic carbocycles. The monoisotopic (exact) mass is 928 g/mol. The predicted octanol–water partition coefficient (Wildman–Crippen LogP) is 18.0. The molecule has 6 heteroatoms. The first-order valence-electron chi connectivity index (χ1n) is 29.2. The van der Waals surface area contributed by atoms with Gasteiger partial charge in [0.2, 0.25) is 5.91 Å². The maximum Gasteiger partial charge on any atom is 0.305 e. The molecule has 0 aromatic rings. The van der Waals surface area contributed by atoms with Gasteiger partial charge in [-0.1, -0.05) is 249 Å². The molecular weight excluding hydrogens is 815 g/mol. The summed E-state index contributed by atoms with van der Waals surface area (Å²) in [6.45, 7) is 4.90. The normalized spacial score (nSPS) is 12.8. The Hall–Kier alpha value is -1.92. The molecule has 0 aliphatic carbocycles. The van der Waals surface area contributed by atoms with Gasteiger partial charge >= 0.3 is 5.97 Å². The van der Waals surface area contributed by atoms with Gasteiger partial charge in [-0.2, -0.15) is 0 Å². The van der Waals surface area contributed by atoms with Crippen molar-refractivity contribution in [3.63, 3.8) is 0 Å². The Morgan fingerprint density at radius 3 is 1.20 bits per heavy atom. The molecule has 1 amide bonds. The maximum atomic E-state index is 12.5. The molecule has 0 fully saturated rings. The van der Waals surface area contributed by atoms with E-state index in [0.29, 0.717) is 25.9 Å². The van der Waals surface area contributed by atoms with Crippen LogP contribution in [0.2, 0.25) is 0 Å². The number of rotatable bonds is 54. The zero-order valence-corrected chi connectivity index (χ0v) is 44.2. The van der Waals surface area contributed by atoms with E-state index in [9.17, 15) is 19.8 Å². The summed E-state index contributed by atoms with van der Waals surface area (Å²) in [5, 5.41) is 23.3. The predicted molar refractivity (Wildman–Crippen MR) is 287 cm³/mol. The Bertz CT molecular complexity index is 1070. The SMILES string of the molecule is CCCCC/C=C\C/C=C\CCCCCCCCCC(=O)OCCCCCC/C=C\CCCCCCCCCC(=O)NC(CO)C(O)CCCCCCCCCCCCCCCCCCC. The number of amides is 1. The van der Waals surface area contributed by atoms with Crippen molar-refractivity contribution >= 4 is 11.9 Å². The molecule has 0 aliphatic rings. The van der Waals surface area contributed by atoms with E-state index < -0.39 is 12.1 Å². The lowest BCUT2D eigenvalue weighted by atomic mass is 10.0. The average Bonchev–Trinajstić information content (AvgIpc) is 3.32. The van der Waals surface area contributed by atoms with Gasteiger partial charge in [0.1, 0.15) is 0 Å². The van der Waals surface area contributed by atoms with E-state index in [1.165, 1.54) is 199 Å². The summed E-state index contributed by atoms with van der Waals surface area (Å²) in [5.74, 6) is -0.0669. The number of hydrogen-bond donors (Lipinski definition) is 3. The summed E-state index contributed by atoms with van der Waals surface area (Å²) in [4.78, 5) is 24.5. The van der Waals surface area contributed by atoms with Gasteiger partial charge in [0, 0.05) is 12.8 Å². The Kier molecular flexibility index (Phi) is 54.1. The van der Waals surface area contributed by atoms with Crippen molar-refractivity contribution in [2.45, 2.75) is 321 Å². The van der Waals surface area contributed by atoms with Gasteiger partial charge in [0.25, 0.3) is 0 Å². The number of nitrogens with one attached hydrogen (secondary N) is 1. The number of ether oxygens (including phenoxy) is 1. The van der Waals surface area contributed by atoms with E-state index in [4.69, 9.17) is 4.74 Å². The van der Waals surface area contributed by atoms with E-state index in [1.807, 2.05) is 0 Å². The first kappa shape index (κ1) is 64.1. The highest BCUT2D eigenvalue weighted by molar-refractivity contribution is 5.76. The molecule has 0 spiro atoms. The second-order valence-electron chi connectivity index (χ2n) is 20.0. The molecule has 0 saturated carbocycles. The third-order valence-corrected chi connectivity index (χ3v) is 13.4. The van der Waals surface area contributed by atoms with Crippen molar-refractivity contribution in [3.8, 4) is 0 Å². The third-order valence-electron chi connectivity index (χ3n) is 13.4. The maximum absolute atomic E-state index is 12.5. The number of esters is 1. The number of carbonyl (C=O) groups excluding carboxylic acids is 2. The van der Waals surface area contributed by atoms with E-state index in [2.05, 4.69) is 55.6 Å². The number of aliphatic hydroxyl groups is 2. The summed E-state index contributed by atoms with van der Waals surface area (Å²) in [7, 11) is 0. The van der Waals surface area contributed by atoms with Crippen molar-refractivity contribution in [1.29, 1.82) is 0 Å². The summed E-state index contributed by atoms with van der Waals surface area (Å²) < 4.78 is 5.47. The zero-order chi connectivity index (χ0) is 47.9. The van der Waals surface area contributed by atoms with Crippen LogP contribution in [0.5, 0.6) is 0 Å². The minimum Gasteiger partial charge on any atom is -0.466 e. The molecule has 0 aromatic heterocycles. The van der Waals surface area contributed by atoms with Gasteiger partial charge < -0.3 is 20.3 Å². The van der Waals surface area contributed by atoms with Gasteiger partial charge in [-0.15, -0.1) is 0 Å². The number of allylic oxidation sites excluding steroid dienone is 6. The summed E-state index contributed by atoms with van der Waals surface area (Å²) in [6.07, 6.45) is 68.4. The number of unbranched alkanes of at least 4 members (excludes halogenated alkanes) is 37. The van der Waals surface area contributed by atoms with Crippen LogP contribution in [0.1, 0.15) is 309 Å². The molecule has 0 aliphatic heterocycles. The van der Waals surface area contributed by atoms with Crippen molar-refractivity contribution < 1.29 is 24.5 Å². The molecular formula is C60H113NO5. The molecule has 0 heterocycles. The van der Waals surface area contributed by atoms with Crippen LogP contribution in [0.4, 0.5) is 0 Å². The summed E-state index contributed by atoms with van der Waals surface area (Å²) in [5.41, 5.74) is 0.